The summed E-state index contributed by atoms with van der Waals surface area (Å²) in [6.07, 6.45) is 3.33. The molecule has 0 radical (unpaired) electrons. The van der Waals surface area contributed by atoms with Crippen molar-refractivity contribution in [2.45, 2.75) is 26.2 Å². The van der Waals surface area contributed by atoms with Crippen molar-refractivity contribution in [2.24, 2.45) is 0 Å². The van der Waals surface area contributed by atoms with Crippen LogP contribution in [-0.4, -0.2) is 32.6 Å². The first-order valence-corrected chi connectivity index (χ1v) is 9.00. The Morgan fingerprint density at radius 1 is 1.15 bits per heavy atom. The van der Waals surface area contributed by atoms with Gasteiger partial charge in [0.2, 0.25) is 5.95 Å². The Labute approximate surface area is 154 Å². The van der Waals surface area contributed by atoms with Crippen molar-refractivity contribution in [3.63, 3.8) is 0 Å². The van der Waals surface area contributed by atoms with E-state index in [1.165, 1.54) is 17.1 Å². The van der Waals surface area contributed by atoms with Gasteiger partial charge >= 0.3 is 0 Å². The molecule has 134 valence electrons. The summed E-state index contributed by atoms with van der Waals surface area (Å²) < 4.78 is 15.9. The zero-order valence-electron chi connectivity index (χ0n) is 14.3. The Morgan fingerprint density at radius 3 is 2.62 bits per heavy atom. The van der Waals surface area contributed by atoms with Crippen LogP contribution in [-0.2, 0) is 0 Å². The molecule has 8 heteroatoms. The molecule has 0 amide bonds. The molecular weight excluding hydrogens is 353 g/mol. The summed E-state index contributed by atoms with van der Waals surface area (Å²) in [6.45, 7) is 3.44. The van der Waals surface area contributed by atoms with Gasteiger partial charge in [0.15, 0.2) is 5.65 Å². The number of nitrogens with zero attached hydrogens (tertiary/aromatic N) is 4. The molecular formula is C18H18FN5OS. The maximum Gasteiger partial charge on any atom is 0.264 e. The van der Waals surface area contributed by atoms with Crippen LogP contribution in [0.25, 0.3) is 16.7 Å². The van der Waals surface area contributed by atoms with E-state index in [1.54, 1.807) is 25.1 Å². The summed E-state index contributed by atoms with van der Waals surface area (Å²) >= 11 is 5.49. The SMILES string of the molecule is Cc1nc2nc(N3CCCCC3)[nH]c(=O)c2c(=S)n1-c1ccccc1F. The molecule has 0 atom stereocenters. The largest absolute Gasteiger partial charge is 0.342 e. The Morgan fingerprint density at radius 2 is 1.88 bits per heavy atom. The normalized spacial score (nSPS) is 14.8. The number of benzene rings is 1. The fourth-order valence-electron chi connectivity index (χ4n) is 3.36. The lowest BCUT2D eigenvalue weighted by atomic mass is 10.1. The van der Waals surface area contributed by atoms with E-state index in [1.807, 2.05) is 0 Å². The van der Waals surface area contributed by atoms with Gasteiger partial charge in [-0.2, -0.15) is 4.98 Å². The lowest BCUT2D eigenvalue weighted by Crippen LogP contribution is -2.32. The Hall–Kier alpha value is -2.61. The molecule has 3 aromatic rings. The number of para-hydroxylation sites is 1. The first-order valence-electron chi connectivity index (χ1n) is 8.60. The van der Waals surface area contributed by atoms with E-state index in [9.17, 15) is 9.18 Å². The van der Waals surface area contributed by atoms with Gasteiger partial charge in [0.1, 0.15) is 21.7 Å². The van der Waals surface area contributed by atoms with Crippen LogP contribution in [0.2, 0.25) is 0 Å². The monoisotopic (exact) mass is 371 g/mol. The zero-order valence-corrected chi connectivity index (χ0v) is 15.1. The Bertz CT molecular complexity index is 1100. The molecule has 0 saturated carbocycles. The number of aromatic amines is 1. The molecule has 1 fully saturated rings. The van der Waals surface area contributed by atoms with E-state index in [-0.39, 0.29) is 21.3 Å². The average Bonchev–Trinajstić information content (AvgIpc) is 2.63. The number of rotatable bonds is 2. The number of anilines is 1. The van der Waals surface area contributed by atoms with Crippen LogP contribution in [0.15, 0.2) is 29.1 Å². The molecule has 1 N–H and O–H groups in total. The number of hydrogen-bond acceptors (Lipinski definition) is 5. The van der Waals surface area contributed by atoms with E-state index in [2.05, 4.69) is 19.9 Å². The van der Waals surface area contributed by atoms with E-state index in [4.69, 9.17) is 12.2 Å². The van der Waals surface area contributed by atoms with Crippen molar-refractivity contribution in [2.75, 3.05) is 18.0 Å². The standard InChI is InChI=1S/C18H18FN5OS/c1-11-20-15-14(17(26)24(11)13-8-4-3-7-12(13)19)16(25)22-18(21-15)23-9-5-2-6-10-23/h3-4,7-8H,2,5-6,9-10H2,1H3,(H,21,22,25). The van der Waals surface area contributed by atoms with Gasteiger partial charge in [-0.15, -0.1) is 0 Å². The molecule has 1 saturated heterocycles. The molecule has 1 aliphatic rings. The summed E-state index contributed by atoms with van der Waals surface area (Å²) in [5, 5.41) is 0.203. The predicted octanol–water partition coefficient (Wildman–Crippen LogP) is 3.28. The molecule has 0 aliphatic carbocycles. The number of H-pyrrole nitrogens is 1. The highest BCUT2D eigenvalue weighted by Gasteiger charge is 2.18. The number of fused-ring (bicyclic) bond motifs is 1. The molecule has 1 aromatic carbocycles. The maximum absolute atomic E-state index is 14.2. The van der Waals surface area contributed by atoms with Gasteiger partial charge in [0.25, 0.3) is 5.56 Å². The minimum absolute atomic E-state index is 0.203. The lowest BCUT2D eigenvalue weighted by molar-refractivity contribution is 0.568. The average molecular weight is 371 g/mol. The van der Waals surface area contributed by atoms with Crippen LogP contribution < -0.4 is 10.5 Å². The van der Waals surface area contributed by atoms with Crippen molar-refractivity contribution in [3.8, 4) is 5.69 Å². The second-order valence-electron chi connectivity index (χ2n) is 6.39. The fraction of sp³-hybridized carbons (Fsp3) is 0.333. The van der Waals surface area contributed by atoms with Crippen LogP contribution in [0.5, 0.6) is 0 Å². The van der Waals surface area contributed by atoms with Gasteiger partial charge in [-0.3, -0.25) is 14.3 Å². The Kier molecular flexibility index (Phi) is 4.28. The van der Waals surface area contributed by atoms with Crippen molar-refractivity contribution in [3.05, 3.63) is 50.9 Å². The molecule has 4 rings (SSSR count). The minimum Gasteiger partial charge on any atom is -0.342 e. The lowest BCUT2D eigenvalue weighted by Gasteiger charge is -2.27. The number of aromatic nitrogens is 4. The topological polar surface area (TPSA) is 66.8 Å². The second-order valence-corrected chi connectivity index (χ2v) is 6.77. The zero-order chi connectivity index (χ0) is 18.3. The minimum atomic E-state index is -0.429. The van der Waals surface area contributed by atoms with Crippen LogP contribution in [0.4, 0.5) is 10.3 Å². The number of halogens is 1. The smallest absolute Gasteiger partial charge is 0.264 e. The third-order valence-electron chi connectivity index (χ3n) is 4.65. The van der Waals surface area contributed by atoms with Crippen molar-refractivity contribution < 1.29 is 4.39 Å². The highest BCUT2D eigenvalue weighted by molar-refractivity contribution is 7.71. The van der Waals surface area contributed by atoms with Crippen LogP contribution in [0.1, 0.15) is 25.1 Å². The van der Waals surface area contributed by atoms with Gasteiger partial charge < -0.3 is 4.90 Å². The van der Waals surface area contributed by atoms with Crippen LogP contribution in [0.3, 0.4) is 0 Å². The summed E-state index contributed by atoms with van der Waals surface area (Å²) in [5.41, 5.74) is 0.214. The highest BCUT2D eigenvalue weighted by atomic mass is 32.1. The van der Waals surface area contributed by atoms with Crippen molar-refractivity contribution >= 4 is 29.2 Å². The molecule has 0 spiro atoms. The fourth-order valence-corrected chi connectivity index (χ4v) is 3.77. The summed E-state index contributed by atoms with van der Waals surface area (Å²) in [5.74, 6) is 0.574. The van der Waals surface area contributed by atoms with Gasteiger partial charge in [0.05, 0.1) is 5.69 Å². The first-order chi connectivity index (χ1) is 12.6. The molecule has 3 heterocycles. The molecule has 26 heavy (non-hydrogen) atoms. The number of nitrogens with one attached hydrogen (secondary N) is 1. The van der Waals surface area contributed by atoms with Crippen LogP contribution in [0, 0.1) is 17.4 Å². The number of aryl methyl sites for hydroxylation is 1. The predicted molar refractivity (Wildman–Crippen MR) is 101 cm³/mol. The highest BCUT2D eigenvalue weighted by Crippen LogP contribution is 2.20. The summed E-state index contributed by atoms with van der Waals surface area (Å²) in [4.78, 5) is 26.5. The van der Waals surface area contributed by atoms with Gasteiger partial charge in [-0.25, -0.2) is 9.37 Å². The van der Waals surface area contributed by atoms with Gasteiger partial charge in [-0.1, -0.05) is 24.4 Å². The van der Waals surface area contributed by atoms with E-state index >= 15 is 0 Å². The second kappa shape index (κ2) is 6.60. The Balaban J connectivity index is 1.94. The summed E-state index contributed by atoms with van der Waals surface area (Å²) in [7, 11) is 0. The van der Waals surface area contributed by atoms with E-state index < -0.39 is 5.82 Å². The van der Waals surface area contributed by atoms with Crippen molar-refractivity contribution in [1.82, 2.24) is 19.5 Å². The maximum atomic E-state index is 14.2. The third-order valence-corrected chi connectivity index (χ3v) is 5.03. The number of piperidine rings is 1. The summed E-state index contributed by atoms with van der Waals surface area (Å²) in [6, 6.07) is 6.27. The third kappa shape index (κ3) is 2.80. The van der Waals surface area contributed by atoms with E-state index in [0.29, 0.717) is 17.4 Å². The molecule has 2 aromatic heterocycles. The van der Waals surface area contributed by atoms with Crippen LogP contribution >= 0.6 is 12.2 Å². The number of hydrogen-bond donors (Lipinski definition) is 1. The molecule has 0 unspecified atom stereocenters. The van der Waals surface area contributed by atoms with Gasteiger partial charge in [0, 0.05) is 13.1 Å². The van der Waals surface area contributed by atoms with Gasteiger partial charge in [-0.05, 0) is 38.3 Å². The van der Waals surface area contributed by atoms with Crippen molar-refractivity contribution in [1.29, 1.82) is 0 Å². The molecule has 6 nitrogen and oxygen atoms in total. The quantitative estimate of drug-likeness (QED) is 0.701. The molecule has 0 bridgehead atoms. The molecule has 1 aliphatic heterocycles. The first kappa shape index (κ1) is 16.8. The van der Waals surface area contributed by atoms with E-state index in [0.717, 1.165) is 25.9 Å².